The Morgan fingerprint density at radius 2 is 2.12 bits per heavy atom. The van der Waals surface area contributed by atoms with E-state index in [1.807, 2.05) is 6.92 Å². The minimum atomic E-state index is -1.35. The quantitative estimate of drug-likeness (QED) is 0.837. The molecule has 1 aromatic rings. The van der Waals surface area contributed by atoms with Crippen molar-refractivity contribution >= 4 is 0 Å². The van der Waals surface area contributed by atoms with Gasteiger partial charge in [0.25, 0.3) is 0 Å². The van der Waals surface area contributed by atoms with Crippen molar-refractivity contribution in [3.05, 3.63) is 35.1 Å². The fourth-order valence-electron chi connectivity index (χ4n) is 2.13. The predicted molar refractivity (Wildman–Crippen MR) is 60.5 cm³/mol. The average molecular weight is 225 g/mol. The molecule has 1 fully saturated rings. The van der Waals surface area contributed by atoms with Crippen molar-refractivity contribution < 1.29 is 8.78 Å². The first-order valence-electron chi connectivity index (χ1n) is 5.69. The van der Waals surface area contributed by atoms with Crippen LogP contribution in [0.4, 0.5) is 8.78 Å². The summed E-state index contributed by atoms with van der Waals surface area (Å²) < 4.78 is 27.5. The summed E-state index contributed by atoms with van der Waals surface area (Å²) in [6, 6.07) is 4.51. The van der Waals surface area contributed by atoms with Gasteiger partial charge in [-0.15, -0.1) is 0 Å². The molecule has 0 saturated heterocycles. The van der Waals surface area contributed by atoms with Crippen LogP contribution in [0.1, 0.15) is 24.0 Å². The van der Waals surface area contributed by atoms with Crippen LogP contribution in [-0.2, 0) is 6.42 Å². The molecule has 3 heteroatoms. The summed E-state index contributed by atoms with van der Waals surface area (Å²) in [7, 11) is 0. The molecule has 0 bridgehead atoms. The van der Waals surface area contributed by atoms with Crippen molar-refractivity contribution in [2.75, 3.05) is 6.54 Å². The van der Waals surface area contributed by atoms with E-state index in [0.29, 0.717) is 0 Å². The monoisotopic (exact) mass is 225 g/mol. The van der Waals surface area contributed by atoms with Gasteiger partial charge in [0.2, 0.25) is 0 Å². The molecule has 16 heavy (non-hydrogen) atoms. The zero-order valence-electron chi connectivity index (χ0n) is 9.47. The van der Waals surface area contributed by atoms with Crippen LogP contribution >= 0.6 is 0 Å². The second-order valence-corrected chi connectivity index (χ2v) is 4.76. The second kappa shape index (κ2) is 4.13. The Kier molecular flexibility index (Phi) is 2.98. The summed E-state index contributed by atoms with van der Waals surface area (Å²) in [4.78, 5) is 0. The molecule has 2 rings (SSSR count). The molecule has 1 unspecified atom stereocenters. The molecule has 0 aliphatic heterocycles. The Morgan fingerprint density at radius 3 is 2.69 bits per heavy atom. The second-order valence-electron chi connectivity index (χ2n) is 4.76. The lowest BCUT2D eigenvalue weighted by molar-refractivity contribution is 0.142. The number of rotatable bonds is 4. The number of alkyl halides is 1. The molecule has 0 radical (unpaired) electrons. The van der Waals surface area contributed by atoms with Crippen LogP contribution < -0.4 is 5.73 Å². The van der Waals surface area contributed by atoms with Crippen LogP contribution in [-0.4, -0.2) is 12.2 Å². The average Bonchev–Trinajstić information content (AvgIpc) is 3.07. The fraction of sp³-hybridized carbons (Fsp3) is 0.538. The van der Waals surface area contributed by atoms with E-state index in [4.69, 9.17) is 5.73 Å². The van der Waals surface area contributed by atoms with Gasteiger partial charge < -0.3 is 5.73 Å². The number of hydrogen-bond donors (Lipinski definition) is 1. The van der Waals surface area contributed by atoms with E-state index in [2.05, 4.69) is 0 Å². The Morgan fingerprint density at radius 1 is 1.44 bits per heavy atom. The number of benzene rings is 1. The minimum absolute atomic E-state index is 0.0214. The first-order valence-corrected chi connectivity index (χ1v) is 5.69. The lowest BCUT2D eigenvalue weighted by atomic mass is 9.89. The molecule has 1 nitrogen and oxygen atoms in total. The molecule has 0 aromatic heterocycles. The van der Waals surface area contributed by atoms with Crippen LogP contribution in [0.3, 0.4) is 0 Å². The number of nitrogens with two attached hydrogens (primary N) is 1. The molecule has 1 saturated carbocycles. The highest BCUT2D eigenvalue weighted by molar-refractivity contribution is 5.28. The highest BCUT2D eigenvalue weighted by Gasteiger charge is 2.44. The van der Waals surface area contributed by atoms with E-state index < -0.39 is 5.67 Å². The molecule has 0 spiro atoms. The van der Waals surface area contributed by atoms with Gasteiger partial charge in [0.15, 0.2) is 0 Å². The van der Waals surface area contributed by atoms with Gasteiger partial charge in [0, 0.05) is 13.0 Å². The van der Waals surface area contributed by atoms with Crippen molar-refractivity contribution in [3.63, 3.8) is 0 Å². The maximum absolute atomic E-state index is 14.5. The SMILES string of the molecule is Cc1ccc(F)cc1CC(F)(CN)C1CC1. The summed E-state index contributed by atoms with van der Waals surface area (Å²) in [5, 5.41) is 0. The molecule has 88 valence electrons. The standard InChI is InChI=1S/C13H17F2N/c1-9-2-5-12(14)6-10(9)7-13(15,8-16)11-3-4-11/h2,5-6,11H,3-4,7-8,16H2,1H3. The van der Waals surface area contributed by atoms with Gasteiger partial charge in [-0.2, -0.15) is 0 Å². The Hall–Kier alpha value is -0.960. The summed E-state index contributed by atoms with van der Waals surface area (Å²) >= 11 is 0. The van der Waals surface area contributed by atoms with E-state index in [1.165, 1.54) is 12.1 Å². The Labute approximate surface area is 94.7 Å². The molecule has 2 N–H and O–H groups in total. The van der Waals surface area contributed by atoms with Crippen LogP contribution in [0.5, 0.6) is 0 Å². The normalized spacial score (nSPS) is 19.5. The first-order chi connectivity index (χ1) is 7.55. The van der Waals surface area contributed by atoms with Gasteiger partial charge in [-0.05, 0) is 48.9 Å². The number of halogens is 2. The first kappa shape index (κ1) is 11.5. The van der Waals surface area contributed by atoms with Crippen LogP contribution in [0.15, 0.2) is 18.2 Å². The van der Waals surface area contributed by atoms with E-state index in [0.717, 1.165) is 24.0 Å². The van der Waals surface area contributed by atoms with Gasteiger partial charge >= 0.3 is 0 Å². The third-order valence-corrected chi connectivity index (χ3v) is 3.44. The van der Waals surface area contributed by atoms with E-state index in [1.54, 1.807) is 6.07 Å². The molecule has 0 amide bonds. The molecule has 1 aliphatic rings. The van der Waals surface area contributed by atoms with E-state index in [-0.39, 0.29) is 24.7 Å². The van der Waals surface area contributed by atoms with Crippen molar-refractivity contribution in [3.8, 4) is 0 Å². The molecular weight excluding hydrogens is 208 g/mol. The largest absolute Gasteiger partial charge is 0.328 e. The van der Waals surface area contributed by atoms with Gasteiger partial charge in [-0.3, -0.25) is 0 Å². The number of aryl methyl sites for hydroxylation is 1. The van der Waals surface area contributed by atoms with E-state index in [9.17, 15) is 8.78 Å². The van der Waals surface area contributed by atoms with Crippen LogP contribution in [0.25, 0.3) is 0 Å². The van der Waals surface area contributed by atoms with Gasteiger partial charge in [0.1, 0.15) is 11.5 Å². The molecule has 1 aromatic carbocycles. The zero-order chi connectivity index (χ0) is 11.8. The van der Waals surface area contributed by atoms with Gasteiger partial charge in [-0.25, -0.2) is 8.78 Å². The molecule has 1 atom stereocenters. The summed E-state index contributed by atoms with van der Waals surface area (Å²) in [6.07, 6.45) is 2.04. The van der Waals surface area contributed by atoms with Crippen molar-refractivity contribution in [1.29, 1.82) is 0 Å². The maximum atomic E-state index is 14.5. The summed E-state index contributed by atoms with van der Waals surface area (Å²) in [5.41, 5.74) is 5.83. The van der Waals surface area contributed by atoms with Crippen molar-refractivity contribution in [2.24, 2.45) is 11.7 Å². The number of hydrogen-bond acceptors (Lipinski definition) is 1. The highest BCUT2D eigenvalue weighted by Crippen LogP contribution is 2.43. The van der Waals surface area contributed by atoms with E-state index >= 15 is 0 Å². The Balaban J connectivity index is 2.21. The smallest absolute Gasteiger partial charge is 0.130 e. The molecular formula is C13H17F2N. The fourth-order valence-corrected chi connectivity index (χ4v) is 2.13. The van der Waals surface area contributed by atoms with Crippen molar-refractivity contribution in [1.82, 2.24) is 0 Å². The summed E-state index contributed by atoms with van der Waals surface area (Å²) in [5.74, 6) is -0.240. The lowest BCUT2D eigenvalue weighted by Gasteiger charge is -2.24. The lowest BCUT2D eigenvalue weighted by Crippen LogP contribution is -2.37. The third kappa shape index (κ3) is 2.24. The van der Waals surface area contributed by atoms with Gasteiger partial charge in [-0.1, -0.05) is 6.07 Å². The molecule has 1 aliphatic carbocycles. The van der Waals surface area contributed by atoms with Crippen molar-refractivity contribution in [2.45, 2.75) is 31.9 Å². The highest BCUT2D eigenvalue weighted by atomic mass is 19.1. The topological polar surface area (TPSA) is 26.0 Å². The maximum Gasteiger partial charge on any atom is 0.130 e. The zero-order valence-corrected chi connectivity index (χ0v) is 9.47. The summed E-state index contributed by atoms with van der Waals surface area (Å²) in [6.45, 7) is 1.90. The van der Waals surface area contributed by atoms with Gasteiger partial charge in [0.05, 0.1) is 0 Å². The minimum Gasteiger partial charge on any atom is -0.328 e. The third-order valence-electron chi connectivity index (χ3n) is 3.44. The molecule has 0 heterocycles. The van der Waals surface area contributed by atoms with Crippen LogP contribution in [0.2, 0.25) is 0 Å². The Bertz CT molecular complexity index is 388. The predicted octanol–water partition coefficient (Wildman–Crippen LogP) is 2.75. The van der Waals surface area contributed by atoms with Crippen LogP contribution in [0, 0.1) is 18.7 Å².